The summed E-state index contributed by atoms with van der Waals surface area (Å²) in [5.41, 5.74) is 5.18. The smallest absolute Gasteiger partial charge is 0.404 e. The van der Waals surface area contributed by atoms with Gasteiger partial charge in [0.1, 0.15) is 11.2 Å². The fraction of sp³-hybridized carbons (Fsp3) is 0.222. The summed E-state index contributed by atoms with van der Waals surface area (Å²) in [4.78, 5) is 25.6. The molecule has 0 spiro atoms. The van der Waals surface area contributed by atoms with Crippen molar-refractivity contribution < 1.29 is 14.3 Å². The highest BCUT2D eigenvalue weighted by molar-refractivity contribution is 9.10. The van der Waals surface area contributed by atoms with E-state index in [9.17, 15) is 9.59 Å². The highest BCUT2D eigenvalue weighted by atomic mass is 79.9. The Morgan fingerprint density at radius 1 is 1.50 bits per heavy atom. The summed E-state index contributed by atoms with van der Waals surface area (Å²) in [6.45, 7) is 0.253. The summed E-state index contributed by atoms with van der Waals surface area (Å²) in [5.74, 6) is -0.284. The van der Waals surface area contributed by atoms with E-state index in [1.54, 1.807) is 12.1 Å². The number of carbonyl (C=O) groups excluding carboxylic acids is 2. The van der Waals surface area contributed by atoms with E-state index in [4.69, 9.17) is 5.73 Å². The number of hydrogen-bond donors (Lipinski definition) is 2. The molecule has 0 aliphatic rings. The second kappa shape index (κ2) is 6.06. The summed E-state index contributed by atoms with van der Waals surface area (Å²) in [7, 11) is 0. The van der Waals surface area contributed by atoms with Gasteiger partial charge in [0.2, 0.25) is 0 Å². The molecule has 3 N–H and O–H groups in total. The number of primary amides is 1. The van der Waals surface area contributed by atoms with Crippen molar-refractivity contribution in [2.45, 2.75) is 0 Å². The van der Waals surface area contributed by atoms with Crippen molar-refractivity contribution >= 4 is 27.9 Å². The van der Waals surface area contributed by atoms with Crippen molar-refractivity contribution in [3.05, 3.63) is 28.5 Å². The number of rotatable bonds is 4. The minimum absolute atomic E-state index is 0.0467. The van der Waals surface area contributed by atoms with Crippen molar-refractivity contribution in [1.29, 1.82) is 0 Å². The summed E-state index contributed by atoms with van der Waals surface area (Å²) < 4.78 is 5.10. The average Bonchev–Trinajstić information content (AvgIpc) is 2.25. The fourth-order valence-electron chi connectivity index (χ4n) is 0.928. The number of nitrogens with one attached hydrogen (secondary N) is 1. The molecule has 0 unspecified atom stereocenters. The molecule has 1 aromatic rings. The number of aromatic nitrogens is 1. The standard InChI is InChI=1S/C9H10BrN3O3/c10-7-2-1-6(5-13-7)8(14)12-3-4-16-9(11)15/h1-2,5H,3-4H2,(H2,11,15)(H,12,14). The van der Waals surface area contributed by atoms with Gasteiger partial charge in [-0.2, -0.15) is 0 Å². The molecule has 0 radical (unpaired) electrons. The van der Waals surface area contributed by atoms with Gasteiger partial charge < -0.3 is 15.8 Å². The molecule has 1 aromatic heterocycles. The van der Waals surface area contributed by atoms with E-state index in [-0.39, 0.29) is 19.1 Å². The first kappa shape index (κ1) is 12.4. The number of amides is 2. The normalized spacial score (nSPS) is 9.56. The van der Waals surface area contributed by atoms with E-state index in [1.807, 2.05) is 0 Å². The van der Waals surface area contributed by atoms with Crippen LogP contribution in [0.1, 0.15) is 10.4 Å². The van der Waals surface area contributed by atoms with Crippen LogP contribution in [0.2, 0.25) is 0 Å². The monoisotopic (exact) mass is 287 g/mol. The SMILES string of the molecule is NC(=O)OCCNC(=O)c1ccc(Br)nc1. The molecule has 0 aliphatic heterocycles. The van der Waals surface area contributed by atoms with Crippen molar-refractivity contribution in [2.24, 2.45) is 5.73 Å². The molecule has 1 heterocycles. The summed E-state index contributed by atoms with van der Waals surface area (Å²) in [5, 5.41) is 2.55. The first-order valence-electron chi connectivity index (χ1n) is 4.41. The molecule has 0 fully saturated rings. The molecule has 0 saturated heterocycles. The summed E-state index contributed by atoms with van der Waals surface area (Å²) in [6, 6.07) is 3.29. The van der Waals surface area contributed by atoms with Crippen LogP contribution in [0.3, 0.4) is 0 Å². The van der Waals surface area contributed by atoms with Crippen molar-refractivity contribution in [3.8, 4) is 0 Å². The molecular formula is C9H10BrN3O3. The first-order chi connectivity index (χ1) is 7.59. The molecule has 86 valence electrons. The highest BCUT2D eigenvalue weighted by Gasteiger charge is 2.04. The lowest BCUT2D eigenvalue weighted by Crippen LogP contribution is -2.29. The first-order valence-corrected chi connectivity index (χ1v) is 5.21. The lowest BCUT2D eigenvalue weighted by Gasteiger charge is -2.04. The maximum absolute atomic E-state index is 11.5. The topological polar surface area (TPSA) is 94.3 Å². The number of nitrogens with zero attached hydrogens (tertiary/aromatic N) is 1. The van der Waals surface area contributed by atoms with Crippen LogP contribution in [0.5, 0.6) is 0 Å². The van der Waals surface area contributed by atoms with Crippen LogP contribution in [-0.2, 0) is 4.74 Å². The molecule has 0 bridgehead atoms. The van der Waals surface area contributed by atoms with Crippen LogP contribution in [-0.4, -0.2) is 30.1 Å². The Morgan fingerprint density at radius 2 is 2.25 bits per heavy atom. The minimum atomic E-state index is -0.862. The highest BCUT2D eigenvalue weighted by Crippen LogP contribution is 2.05. The fourth-order valence-corrected chi connectivity index (χ4v) is 1.16. The van der Waals surface area contributed by atoms with E-state index in [2.05, 4.69) is 31.0 Å². The Morgan fingerprint density at radius 3 is 2.81 bits per heavy atom. The number of hydrogen-bond acceptors (Lipinski definition) is 4. The number of ether oxygens (including phenoxy) is 1. The average molecular weight is 288 g/mol. The van der Waals surface area contributed by atoms with Gasteiger partial charge in [-0.3, -0.25) is 4.79 Å². The Balaban J connectivity index is 2.35. The van der Waals surface area contributed by atoms with Gasteiger partial charge >= 0.3 is 6.09 Å². The van der Waals surface area contributed by atoms with Crippen LogP contribution in [0.4, 0.5) is 4.79 Å². The van der Waals surface area contributed by atoms with Crippen LogP contribution in [0.25, 0.3) is 0 Å². The van der Waals surface area contributed by atoms with Crippen molar-refractivity contribution in [2.75, 3.05) is 13.2 Å². The number of nitrogens with two attached hydrogens (primary N) is 1. The Bertz CT molecular complexity index is 380. The van der Waals surface area contributed by atoms with Crippen LogP contribution in [0, 0.1) is 0 Å². The van der Waals surface area contributed by atoms with Gasteiger partial charge in [-0.15, -0.1) is 0 Å². The molecule has 0 saturated carbocycles. The van der Waals surface area contributed by atoms with Gasteiger partial charge in [0, 0.05) is 6.20 Å². The predicted octanol–water partition coefficient (Wildman–Crippen LogP) is 0.669. The van der Waals surface area contributed by atoms with Crippen LogP contribution < -0.4 is 11.1 Å². The zero-order valence-corrected chi connectivity index (χ0v) is 9.86. The van der Waals surface area contributed by atoms with E-state index in [0.29, 0.717) is 10.2 Å². The second-order valence-corrected chi connectivity index (χ2v) is 3.61. The Labute approximate surface area is 100 Å². The number of pyridine rings is 1. The Kier molecular flexibility index (Phi) is 4.71. The lowest BCUT2D eigenvalue weighted by molar-refractivity contribution is 0.0936. The van der Waals surface area contributed by atoms with E-state index >= 15 is 0 Å². The third kappa shape index (κ3) is 4.26. The third-order valence-electron chi connectivity index (χ3n) is 1.62. The largest absolute Gasteiger partial charge is 0.448 e. The zero-order chi connectivity index (χ0) is 12.0. The zero-order valence-electron chi connectivity index (χ0n) is 8.27. The molecule has 0 aliphatic carbocycles. The second-order valence-electron chi connectivity index (χ2n) is 2.79. The van der Waals surface area contributed by atoms with Crippen LogP contribution in [0.15, 0.2) is 22.9 Å². The van der Waals surface area contributed by atoms with Gasteiger partial charge in [-0.25, -0.2) is 9.78 Å². The maximum atomic E-state index is 11.5. The third-order valence-corrected chi connectivity index (χ3v) is 2.09. The van der Waals surface area contributed by atoms with Gasteiger partial charge in [-0.1, -0.05) is 0 Å². The van der Waals surface area contributed by atoms with E-state index in [1.165, 1.54) is 6.20 Å². The van der Waals surface area contributed by atoms with Crippen LogP contribution >= 0.6 is 15.9 Å². The molecule has 0 atom stereocenters. The summed E-state index contributed by atoms with van der Waals surface area (Å²) in [6.07, 6.45) is 0.577. The van der Waals surface area contributed by atoms with Crippen molar-refractivity contribution in [1.82, 2.24) is 10.3 Å². The summed E-state index contributed by atoms with van der Waals surface area (Å²) >= 11 is 3.16. The molecule has 1 rings (SSSR count). The molecule has 16 heavy (non-hydrogen) atoms. The van der Waals surface area contributed by atoms with Gasteiger partial charge in [0.25, 0.3) is 5.91 Å². The Hall–Kier alpha value is -1.63. The van der Waals surface area contributed by atoms with Gasteiger partial charge in [-0.05, 0) is 28.1 Å². The number of halogens is 1. The molecular weight excluding hydrogens is 278 g/mol. The molecule has 0 aromatic carbocycles. The minimum Gasteiger partial charge on any atom is -0.448 e. The predicted molar refractivity (Wildman–Crippen MR) is 59.8 cm³/mol. The lowest BCUT2D eigenvalue weighted by atomic mass is 10.3. The van der Waals surface area contributed by atoms with Gasteiger partial charge in [0.15, 0.2) is 0 Å². The molecule has 2 amide bonds. The number of carbonyl (C=O) groups is 2. The molecule has 6 nitrogen and oxygen atoms in total. The van der Waals surface area contributed by atoms with E-state index < -0.39 is 6.09 Å². The quantitative estimate of drug-likeness (QED) is 0.629. The maximum Gasteiger partial charge on any atom is 0.404 e. The van der Waals surface area contributed by atoms with E-state index in [0.717, 1.165) is 0 Å². The molecule has 7 heteroatoms. The van der Waals surface area contributed by atoms with Gasteiger partial charge in [0.05, 0.1) is 12.1 Å². The van der Waals surface area contributed by atoms with Crippen molar-refractivity contribution in [3.63, 3.8) is 0 Å².